The Kier molecular flexibility index (Phi) is 4.83. The van der Waals surface area contributed by atoms with E-state index in [2.05, 4.69) is 4.98 Å². The Bertz CT molecular complexity index is 1180. The molecule has 0 radical (unpaired) electrons. The zero-order chi connectivity index (χ0) is 19.7. The van der Waals surface area contributed by atoms with Gasteiger partial charge in [-0.2, -0.15) is 0 Å². The number of benzene rings is 1. The van der Waals surface area contributed by atoms with Gasteiger partial charge < -0.3 is 9.32 Å². The molecule has 1 amide bonds. The van der Waals surface area contributed by atoms with E-state index in [1.54, 1.807) is 19.4 Å². The van der Waals surface area contributed by atoms with Crippen LogP contribution in [0.15, 0.2) is 64.3 Å². The van der Waals surface area contributed by atoms with E-state index < -0.39 is 0 Å². The molecule has 7 heteroatoms. The van der Waals surface area contributed by atoms with Gasteiger partial charge in [-0.3, -0.25) is 14.2 Å². The van der Waals surface area contributed by atoms with Gasteiger partial charge in [0.25, 0.3) is 5.56 Å². The molecule has 0 N–H and O–H groups in total. The number of nitrogens with zero attached hydrogens (tertiary/aromatic N) is 3. The Morgan fingerprint density at radius 2 is 2.00 bits per heavy atom. The van der Waals surface area contributed by atoms with E-state index in [4.69, 9.17) is 4.42 Å². The largest absolute Gasteiger partial charge is 0.467 e. The van der Waals surface area contributed by atoms with Crippen molar-refractivity contribution in [1.82, 2.24) is 14.5 Å². The Hall–Kier alpha value is -3.19. The van der Waals surface area contributed by atoms with E-state index >= 15 is 0 Å². The zero-order valence-corrected chi connectivity index (χ0v) is 16.4. The highest BCUT2D eigenvalue weighted by Gasteiger charge is 2.18. The summed E-state index contributed by atoms with van der Waals surface area (Å²) in [6, 6.07) is 13.5. The van der Waals surface area contributed by atoms with Gasteiger partial charge >= 0.3 is 0 Å². The monoisotopic (exact) mass is 393 g/mol. The van der Waals surface area contributed by atoms with E-state index in [1.165, 1.54) is 27.1 Å². The number of rotatable bonds is 5. The third kappa shape index (κ3) is 3.36. The highest BCUT2D eigenvalue weighted by Crippen LogP contribution is 2.35. The lowest BCUT2D eigenvalue weighted by Gasteiger charge is -2.16. The van der Waals surface area contributed by atoms with Gasteiger partial charge in [-0.15, -0.1) is 11.3 Å². The molecule has 0 spiro atoms. The lowest BCUT2D eigenvalue weighted by atomic mass is 10.1. The predicted octanol–water partition coefficient (Wildman–Crippen LogP) is 3.69. The highest BCUT2D eigenvalue weighted by molar-refractivity contribution is 7.22. The van der Waals surface area contributed by atoms with Crippen LogP contribution in [0, 0.1) is 6.92 Å². The molecule has 0 atom stereocenters. The Morgan fingerprint density at radius 1 is 1.21 bits per heavy atom. The molecule has 0 aliphatic rings. The summed E-state index contributed by atoms with van der Waals surface area (Å²) in [5.74, 6) is 0.508. The van der Waals surface area contributed by atoms with Gasteiger partial charge in [0.2, 0.25) is 5.91 Å². The summed E-state index contributed by atoms with van der Waals surface area (Å²) in [7, 11) is 1.69. The molecule has 0 unspecified atom stereocenters. The fourth-order valence-electron chi connectivity index (χ4n) is 3.13. The van der Waals surface area contributed by atoms with Crippen LogP contribution in [0.4, 0.5) is 0 Å². The fraction of sp³-hybridized carbons (Fsp3) is 0.190. The van der Waals surface area contributed by atoms with Gasteiger partial charge in [-0.25, -0.2) is 4.98 Å². The maximum atomic E-state index is 13.0. The van der Waals surface area contributed by atoms with Crippen LogP contribution in [0.5, 0.6) is 0 Å². The second kappa shape index (κ2) is 7.44. The third-order valence-corrected chi connectivity index (χ3v) is 5.91. The van der Waals surface area contributed by atoms with Gasteiger partial charge in [0, 0.05) is 11.9 Å². The first-order chi connectivity index (χ1) is 13.5. The van der Waals surface area contributed by atoms with Gasteiger partial charge in [-0.05, 0) is 30.2 Å². The van der Waals surface area contributed by atoms with E-state index in [9.17, 15) is 9.59 Å². The summed E-state index contributed by atoms with van der Waals surface area (Å²) in [4.78, 5) is 33.2. The number of thiophene rings is 1. The molecule has 28 heavy (non-hydrogen) atoms. The molecule has 3 heterocycles. The Balaban J connectivity index is 1.64. The summed E-state index contributed by atoms with van der Waals surface area (Å²) in [6.45, 7) is 2.22. The topological polar surface area (TPSA) is 68.3 Å². The van der Waals surface area contributed by atoms with Crippen molar-refractivity contribution in [2.24, 2.45) is 0 Å². The summed E-state index contributed by atoms with van der Waals surface area (Å²) in [5, 5.41) is 0.577. The number of carbonyl (C=O) groups excluding carboxylic acids is 1. The number of likely N-dealkylation sites (N-methyl/N-ethyl adjacent to an activating group) is 1. The van der Waals surface area contributed by atoms with Gasteiger partial charge in [0.1, 0.15) is 17.1 Å². The lowest BCUT2D eigenvalue weighted by Crippen LogP contribution is -2.33. The van der Waals surface area contributed by atoms with Crippen LogP contribution in [-0.4, -0.2) is 27.4 Å². The Morgan fingerprint density at radius 3 is 2.71 bits per heavy atom. The molecule has 3 aromatic heterocycles. The van der Waals surface area contributed by atoms with Crippen molar-refractivity contribution in [3.63, 3.8) is 0 Å². The second-order valence-corrected chi connectivity index (χ2v) is 7.61. The summed E-state index contributed by atoms with van der Waals surface area (Å²) >= 11 is 1.50. The van der Waals surface area contributed by atoms with Gasteiger partial charge in [-0.1, -0.05) is 30.3 Å². The van der Waals surface area contributed by atoms with Crippen molar-refractivity contribution in [3.05, 3.63) is 76.7 Å². The zero-order valence-electron chi connectivity index (χ0n) is 15.6. The molecule has 0 saturated carbocycles. The normalized spacial score (nSPS) is 11.1. The number of aryl methyl sites for hydroxylation is 1. The fourth-order valence-corrected chi connectivity index (χ4v) is 4.27. The molecule has 0 saturated heterocycles. The van der Waals surface area contributed by atoms with E-state index in [0.717, 1.165) is 16.0 Å². The van der Waals surface area contributed by atoms with Crippen LogP contribution < -0.4 is 5.56 Å². The van der Waals surface area contributed by atoms with Crippen LogP contribution in [0.1, 0.15) is 11.3 Å². The standard InChI is InChI=1S/C21H19N3O3S/c1-14-18-20(28-19(14)15-7-4-3-5-8-15)22-13-24(21(18)26)12-17(25)23(2)11-16-9-6-10-27-16/h3-10,13H,11-12H2,1-2H3. The summed E-state index contributed by atoms with van der Waals surface area (Å²) in [6.07, 6.45) is 3.02. The molecule has 0 aliphatic heterocycles. The summed E-state index contributed by atoms with van der Waals surface area (Å²) < 4.78 is 6.65. The molecule has 0 bridgehead atoms. The average molecular weight is 393 g/mol. The number of amides is 1. The first-order valence-corrected chi connectivity index (χ1v) is 9.66. The Labute approximate surface area is 165 Å². The molecule has 1 aromatic carbocycles. The predicted molar refractivity (Wildman–Crippen MR) is 109 cm³/mol. The van der Waals surface area contributed by atoms with Crippen molar-refractivity contribution < 1.29 is 9.21 Å². The van der Waals surface area contributed by atoms with E-state index in [1.807, 2.05) is 43.3 Å². The van der Waals surface area contributed by atoms with Crippen LogP contribution >= 0.6 is 11.3 Å². The minimum atomic E-state index is -0.194. The van der Waals surface area contributed by atoms with Crippen LogP contribution in [0.25, 0.3) is 20.7 Å². The first kappa shape index (κ1) is 18.2. The number of hydrogen-bond donors (Lipinski definition) is 0. The van der Waals surface area contributed by atoms with Crippen molar-refractivity contribution in [1.29, 1.82) is 0 Å². The first-order valence-electron chi connectivity index (χ1n) is 8.85. The summed E-state index contributed by atoms with van der Waals surface area (Å²) in [5.41, 5.74) is 1.76. The molecule has 142 valence electrons. The smallest absolute Gasteiger partial charge is 0.262 e. The molecule has 4 aromatic rings. The second-order valence-electron chi connectivity index (χ2n) is 6.61. The van der Waals surface area contributed by atoms with Crippen molar-refractivity contribution >= 4 is 27.5 Å². The number of furan rings is 1. The SMILES string of the molecule is Cc1c(-c2ccccc2)sc2ncn(CC(=O)N(C)Cc3ccco3)c(=O)c12. The van der Waals surface area contributed by atoms with Crippen molar-refractivity contribution in [2.45, 2.75) is 20.0 Å². The van der Waals surface area contributed by atoms with E-state index in [0.29, 0.717) is 22.5 Å². The minimum absolute atomic E-state index is 0.0606. The number of carbonyl (C=O) groups is 1. The number of aromatic nitrogens is 2. The third-order valence-electron chi connectivity index (χ3n) is 4.66. The van der Waals surface area contributed by atoms with Crippen molar-refractivity contribution in [3.8, 4) is 10.4 Å². The molecule has 4 rings (SSSR count). The maximum absolute atomic E-state index is 13.0. The average Bonchev–Trinajstić information content (AvgIpc) is 3.32. The highest BCUT2D eigenvalue weighted by atomic mass is 32.1. The molecule has 0 aliphatic carbocycles. The molecule has 6 nitrogen and oxygen atoms in total. The van der Waals surface area contributed by atoms with Gasteiger partial charge in [0.05, 0.1) is 24.5 Å². The van der Waals surface area contributed by atoms with Gasteiger partial charge in [0.15, 0.2) is 0 Å². The number of fused-ring (bicyclic) bond motifs is 1. The van der Waals surface area contributed by atoms with Crippen molar-refractivity contribution in [2.75, 3.05) is 7.05 Å². The number of hydrogen-bond acceptors (Lipinski definition) is 5. The minimum Gasteiger partial charge on any atom is -0.467 e. The quantitative estimate of drug-likeness (QED) is 0.519. The van der Waals surface area contributed by atoms with Crippen LogP contribution in [0.3, 0.4) is 0 Å². The van der Waals surface area contributed by atoms with Crippen LogP contribution in [-0.2, 0) is 17.9 Å². The van der Waals surface area contributed by atoms with Crippen LogP contribution in [0.2, 0.25) is 0 Å². The molecular weight excluding hydrogens is 374 g/mol. The molecular formula is C21H19N3O3S. The molecule has 0 fully saturated rings. The lowest BCUT2D eigenvalue weighted by molar-refractivity contribution is -0.131. The van der Waals surface area contributed by atoms with E-state index in [-0.39, 0.29) is 18.0 Å². The maximum Gasteiger partial charge on any atom is 0.262 e.